The largest absolute Gasteiger partial charge is 0.492 e. The quantitative estimate of drug-likeness (QED) is 0.746. The highest BCUT2D eigenvalue weighted by Gasteiger charge is 1.98. The van der Waals surface area contributed by atoms with Gasteiger partial charge in [0, 0.05) is 10.4 Å². The first kappa shape index (κ1) is 9.87. The number of hydrogen-bond donors (Lipinski definition) is 0. The lowest BCUT2D eigenvalue weighted by Crippen LogP contribution is -1.98. The number of ether oxygens (including phenoxy) is 1. The van der Waals surface area contributed by atoms with E-state index in [1.165, 1.54) is 0 Å². The van der Waals surface area contributed by atoms with Crippen molar-refractivity contribution in [3.63, 3.8) is 0 Å². The van der Waals surface area contributed by atoms with Gasteiger partial charge in [-0.2, -0.15) is 0 Å². The highest BCUT2D eigenvalue weighted by atomic mass is 79.9. The lowest BCUT2D eigenvalue weighted by molar-refractivity contribution is 0.342. The van der Waals surface area contributed by atoms with Crippen LogP contribution in [0.4, 0.5) is 0 Å². The molecule has 12 heavy (non-hydrogen) atoms. The van der Waals surface area contributed by atoms with Crippen LogP contribution in [0.25, 0.3) is 0 Å². The van der Waals surface area contributed by atoms with E-state index in [9.17, 15) is 0 Å². The molecule has 1 aromatic carbocycles. The number of rotatable bonds is 3. The maximum Gasteiger partial charge on any atom is 0.122 e. The molecule has 0 atom stereocenters. The number of hydrogen-bond acceptors (Lipinski definition) is 1. The predicted octanol–water partition coefficient (Wildman–Crippen LogP) is 3.42. The second-order valence-corrected chi connectivity index (χ2v) is 3.68. The summed E-state index contributed by atoms with van der Waals surface area (Å²) < 4.78 is 5.44. The molecule has 0 N–H and O–H groups in total. The minimum absolute atomic E-state index is 0.683. The van der Waals surface area contributed by atoms with Gasteiger partial charge < -0.3 is 4.74 Å². The van der Waals surface area contributed by atoms with E-state index in [2.05, 4.69) is 15.9 Å². The zero-order chi connectivity index (χ0) is 8.97. The van der Waals surface area contributed by atoms with Crippen LogP contribution in [-0.2, 0) is 0 Å². The van der Waals surface area contributed by atoms with Crippen LogP contribution in [0, 0.1) is 6.92 Å². The molecule has 0 fully saturated rings. The van der Waals surface area contributed by atoms with Crippen LogP contribution >= 0.6 is 27.5 Å². The van der Waals surface area contributed by atoms with Gasteiger partial charge in [-0.3, -0.25) is 0 Å². The fourth-order valence-corrected chi connectivity index (χ4v) is 1.31. The predicted molar refractivity (Wildman–Crippen MR) is 55.5 cm³/mol. The molecular weight excluding hydrogens is 239 g/mol. The monoisotopic (exact) mass is 248 g/mol. The number of aryl methyl sites for hydroxylation is 1. The Labute approximate surface area is 85.8 Å². The maximum atomic E-state index is 5.79. The molecule has 0 saturated heterocycles. The van der Waals surface area contributed by atoms with Gasteiger partial charge >= 0.3 is 0 Å². The van der Waals surface area contributed by atoms with E-state index < -0.39 is 0 Å². The van der Waals surface area contributed by atoms with Gasteiger partial charge in [0.1, 0.15) is 5.75 Å². The molecule has 0 amide bonds. The molecule has 0 heterocycles. The fraction of sp³-hybridized carbons (Fsp3) is 0.333. The van der Waals surface area contributed by atoms with Crippen molar-refractivity contribution >= 4 is 27.5 Å². The second kappa shape index (κ2) is 4.73. The Morgan fingerprint density at radius 1 is 1.50 bits per heavy atom. The average Bonchev–Trinajstić information content (AvgIpc) is 2.03. The van der Waals surface area contributed by atoms with Crippen LogP contribution in [-0.4, -0.2) is 11.9 Å². The normalized spacial score (nSPS) is 9.92. The Kier molecular flexibility index (Phi) is 3.89. The Morgan fingerprint density at radius 2 is 2.25 bits per heavy atom. The smallest absolute Gasteiger partial charge is 0.122 e. The average molecular weight is 250 g/mol. The van der Waals surface area contributed by atoms with Crippen LogP contribution in [0.3, 0.4) is 0 Å². The summed E-state index contributed by atoms with van der Waals surface area (Å²) in [5.74, 6) is 0.902. The minimum Gasteiger partial charge on any atom is -0.492 e. The Hall–Kier alpha value is -0.210. The zero-order valence-corrected chi connectivity index (χ0v) is 9.15. The third-order valence-electron chi connectivity index (χ3n) is 1.47. The van der Waals surface area contributed by atoms with Gasteiger partial charge in [-0.05, 0) is 30.7 Å². The topological polar surface area (TPSA) is 9.23 Å². The summed E-state index contributed by atoms with van der Waals surface area (Å²) in [6.07, 6.45) is 0. The summed E-state index contributed by atoms with van der Waals surface area (Å²) in [7, 11) is 0. The van der Waals surface area contributed by atoms with Crippen LogP contribution in [0.2, 0.25) is 5.02 Å². The van der Waals surface area contributed by atoms with Gasteiger partial charge in [0.25, 0.3) is 0 Å². The van der Waals surface area contributed by atoms with E-state index in [0.29, 0.717) is 6.61 Å². The van der Waals surface area contributed by atoms with Crippen molar-refractivity contribution in [2.24, 2.45) is 0 Å². The fourth-order valence-electron chi connectivity index (χ4n) is 0.923. The molecule has 0 aliphatic carbocycles. The first-order chi connectivity index (χ1) is 5.74. The number of halogens is 2. The van der Waals surface area contributed by atoms with Gasteiger partial charge in [-0.25, -0.2) is 0 Å². The summed E-state index contributed by atoms with van der Waals surface area (Å²) in [5, 5.41) is 1.59. The van der Waals surface area contributed by atoms with Crippen LogP contribution in [0.5, 0.6) is 5.75 Å². The van der Waals surface area contributed by atoms with E-state index in [1.807, 2.05) is 25.1 Å². The summed E-state index contributed by atoms with van der Waals surface area (Å²) in [6.45, 7) is 2.66. The zero-order valence-electron chi connectivity index (χ0n) is 6.81. The molecule has 0 saturated carbocycles. The van der Waals surface area contributed by atoms with Crippen molar-refractivity contribution in [1.29, 1.82) is 0 Å². The molecule has 0 aliphatic heterocycles. The van der Waals surface area contributed by atoms with Crippen molar-refractivity contribution in [1.82, 2.24) is 0 Å². The summed E-state index contributed by atoms with van der Waals surface area (Å²) in [6, 6.07) is 5.61. The Bertz CT molecular complexity index is 263. The van der Waals surface area contributed by atoms with Crippen molar-refractivity contribution in [2.75, 3.05) is 11.9 Å². The standard InChI is InChI=1S/C9H10BrClO/c1-7-6-8(11)2-3-9(7)12-5-4-10/h2-3,6H,4-5H2,1H3. The summed E-state index contributed by atoms with van der Waals surface area (Å²) >= 11 is 9.08. The van der Waals surface area contributed by atoms with E-state index in [4.69, 9.17) is 16.3 Å². The van der Waals surface area contributed by atoms with E-state index in [1.54, 1.807) is 0 Å². The first-order valence-corrected chi connectivity index (χ1v) is 5.19. The van der Waals surface area contributed by atoms with Crippen LogP contribution in [0.15, 0.2) is 18.2 Å². The molecule has 66 valence electrons. The van der Waals surface area contributed by atoms with Gasteiger partial charge in [-0.15, -0.1) is 0 Å². The SMILES string of the molecule is Cc1cc(Cl)ccc1OCCBr. The number of benzene rings is 1. The molecule has 0 aliphatic rings. The van der Waals surface area contributed by atoms with Crippen molar-refractivity contribution in [3.8, 4) is 5.75 Å². The summed E-state index contributed by atoms with van der Waals surface area (Å²) in [4.78, 5) is 0. The molecular formula is C9H10BrClO. The third-order valence-corrected chi connectivity index (χ3v) is 2.03. The molecule has 1 aromatic rings. The van der Waals surface area contributed by atoms with E-state index >= 15 is 0 Å². The van der Waals surface area contributed by atoms with Gasteiger partial charge in [-0.1, -0.05) is 27.5 Å². The molecule has 0 aromatic heterocycles. The maximum absolute atomic E-state index is 5.79. The molecule has 0 unspecified atom stereocenters. The van der Waals surface area contributed by atoms with Crippen LogP contribution in [0.1, 0.15) is 5.56 Å². The Balaban J connectivity index is 2.72. The molecule has 1 nitrogen and oxygen atoms in total. The third kappa shape index (κ3) is 2.68. The first-order valence-electron chi connectivity index (χ1n) is 3.69. The van der Waals surface area contributed by atoms with E-state index in [-0.39, 0.29) is 0 Å². The molecule has 0 spiro atoms. The molecule has 1 rings (SSSR count). The highest BCUT2D eigenvalue weighted by molar-refractivity contribution is 9.09. The highest BCUT2D eigenvalue weighted by Crippen LogP contribution is 2.21. The van der Waals surface area contributed by atoms with E-state index in [0.717, 1.165) is 21.7 Å². The van der Waals surface area contributed by atoms with Crippen molar-refractivity contribution in [3.05, 3.63) is 28.8 Å². The summed E-state index contributed by atoms with van der Waals surface area (Å²) in [5.41, 5.74) is 1.07. The lowest BCUT2D eigenvalue weighted by atomic mass is 10.2. The van der Waals surface area contributed by atoms with Crippen molar-refractivity contribution < 1.29 is 4.74 Å². The lowest BCUT2D eigenvalue weighted by Gasteiger charge is -2.06. The van der Waals surface area contributed by atoms with Gasteiger partial charge in [0.05, 0.1) is 6.61 Å². The van der Waals surface area contributed by atoms with Gasteiger partial charge in [0.2, 0.25) is 0 Å². The minimum atomic E-state index is 0.683. The number of alkyl halides is 1. The van der Waals surface area contributed by atoms with Crippen molar-refractivity contribution in [2.45, 2.75) is 6.92 Å². The molecule has 0 bridgehead atoms. The van der Waals surface area contributed by atoms with Gasteiger partial charge in [0.15, 0.2) is 0 Å². The van der Waals surface area contributed by atoms with Crippen LogP contribution < -0.4 is 4.74 Å². The molecule has 0 radical (unpaired) electrons. The Morgan fingerprint density at radius 3 is 2.83 bits per heavy atom. The second-order valence-electron chi connectivity index (χ2n) is 2.45. The molecule has 3 heteroatoms.